The monoisotopic (exact) mass is 586 g/mol. The van der Waals surface area contributed by atoms with Crippen molar-refractivity contribution in [3.05, 3.63) is 41.5 Å². The Bertz CT molecular complexity index is 1370. The smallest absolute Gasteiger partial charge is 0.337 e. The molecule has 1 aromatic carbocycles. The van der Waals surface area contributed by atoms with Gasteiger partial charge in [0.2, 0.25) is 0 Å². The van der Waals surface area contributed by atoms with Crippen LogP contribution in [0.4, 0.5) is 0 Å². The number of carboxylic acid groups (broad SMARTS) is 1. The van der Waals surface area contributed by atoms with E-state index in [-0.39, 0.29) is 27.6 Å². The number of carbonyl (C=O) groups excluding carboxylic acids is 1. The first-order chi connectivity index (χ1) is 20.2. The second-order valence-corrected chi connectivity index (χ2v) is 17.6. The standard InChI is InChI=1S/C39H54O4/c1-34(2)26(24-8-10-25(11-9-24)32(40)43-7)14-17-36(4)29(34)16-18-38(6)30(36)13-12-28-31-27(35(3)20-21-35)15-19-39(31,33(41)42)23-22-37(28,38)5/h8-11,14,27-31H,12-13,15-23H2,1-7H3,(H,41,42)/t27-,28?,29+,30-,31-,36+,37-,38-,39+/m1/s1. The fourth-order valence-electron chi connectivity index (χ4n) is 13.3. The largest absolute Gasteiger partial charge is 0.481 e. The minimum Gasteiger partial charge on any atom is -0.481 e. The van der Waals surface area contributed by atoms with E-state index >= 15 is 0 Å². The number of fused-ring (bicyclic) bond motifs is 7. The highest BCUT2D eigenvalue weighted by atomic mass is 16.5. The van der Waals surface area contributed by atoms with E-state index in [9.17, 15) is 14.7 Å². The van der Waals surface area contributed by atoms with Crippen molar-refractivity contribution in [3.8, 4) is 0 Å². The number of allylic oxidation sites excluding steroid dienone is 2. The van der Waals surface area contributed by atoms with Crippen molar-refractivity contribution in [3.63, 3.8) is 0 Å². The lowest BCUT2D eigenvalue weighted by Crippen LogP contribution is -2.66. The van der Waals surface area contributed by atoms with Crippen molar-refractivity contribution >= 4 is 17.5 Å². The summed E-state index contributed by atoms with van der Waals surface area (Å²) in [5.74, 6) is 1.93. The Morgan fingerprint density at radius 2 is 1.47 bits per heavy atom. The molecule has 0 amide bonds. The lowest BCUT2D eigenvalue weighted by Gasteiger charge is -2.72. The second-order valence-electron chi connectivity index (χ2n) is 17.6. The average molecular weight is 587 g/mol. The van der Waals surface area contributed by atoms with E-state index < -0.39 is 11.4 Å². The zero-order chi connectivity index (χ0) is 30.8. The molecule has 9 atom stereocenters. The molecule has 1 N–H and O–H groups in total. The molecule has 6 aliphatic carbocycles. The lowest BCUT2D eigenvalue weighted by molar-refractivity contribution is -0.230. The van der Waals surface area contributed by atoms with E-state index in [1.54, 1.807) is 0 Å². The lowest BCUT2D eigenvalue weighted by atomic mass is 9.32. The van der Waals surface area contributed by atoms with Crippen LogP contribution < -0.4 is 0 Å². The van der Waals surface area contributed by atoms with Crippen molar-refractivity contribution in [1.29, 1.82) is 0 Å². The molecule has 1 aromatic rings. The van der Waals surface area contributed by atoms with E-state index in [4.69, 9.17) is 4.74 Å². The predicted octanol–water partition coefficient (Wildman–Crippen LogP) is 9.43. The van der Waals surface area contributed by atoms with Crippen LogP contribution in [0.2, 0.25) is 0 Å². The van der Waals surface area contributed by atoms with Crippen molar-refractivity contribution in [2.45, 2.75) is 112 Å². The Morgan fingerprint density at radius 1 is 0.767 bits per heavy atom. The summed E-state index contributed by atoms with van der Waals surface area (Å²) in [6.45, 7) is 15.3. The number of carboxylic acids is 1. The molecule has 1 unspecified atom stereocenters. The molecule has 43 heavy (non-hydrogen) atoms. The SMILES string of the molecule is COC(=O)c1ccc(C2=CC[C@]3(C)[C@H]4CCC5[C@H]6[C@H](C7(C)CC7)CC[C@]6(C(=O)O)CC[C@@]5(C)[C@]4(C)CC[C@H]3C2(C)C)cc1. The minimum atomic E-state index is -0.487. The van der Waals surface area contributed by atoms with Gasteiger partial charge in [0.15, 0.2) is 0 Å². The molecule has 0 bridgehead atoms. The van der Waals surface area contributed by atoms with Crippen LogP contribution in [0.1, 0.15) is 128 Å². The van der Waals surface area contributed by atoms with Gasteiger partial charge in [0.25, 0.3) is 0 Å². The number of ether oxygens (including phenoxy) is 1. The van der Waals surface area contributed by atoms with Gasteiger partial charge < -0.3 is 9.84 Å². The van der Waals surface area contributed by atoms with Crippen molar-refractivity contribution in [1.82, 2.24) is 0 Å². The molecule has 0 radical (unpaired) electrons. The van der Waals surface area contributed by atoms with Crippen molar-refractivity contribution < 1.29 is 19.4 Å². The minimum absolute atomic E-state index is 0.0288. The summed E-state index contributed by atoms with van der Waals surface area (Å²) in [5.41, 5.74) is 3.81. The highest BCUT2D eigenvalue weighted by Gasteiger charge is 2.73. The molecule has 0 saturated heterocycles. The van der Waals surface area contributed by atoms with Crippen LogP contribution in [0.15, 0.2) is 30.3 Å². The molecule has 0 heterocycles. The number of rotatable bonds is 4. The first-order valence-electron chi connectivity index (χ1n) is 17.3. The zero-order valence-electron chi connectivity index (χ0n) is 27.7. The van der Waals surface area contributed by atoms with E-state index in [1.165, 1.54) is 56.8 Å². The maximum Gasteiger partial charge on any atom is 0.337 e. The van der Waals surface area contributed by atoms with Crippen LogP contribution >= 0.6 is 0 Å². The third-order valence-electron chi connectivity index (χ3n) is 16.0. The molecule has 5 fully saturated rings. The van der Waals surface area contributed by atoms with Crippen LogP contribution in [0.5, 0.6) is 0 Å². The zero-order valence-corrected chi connectivity index (χ0v) is 27.7. The van der Waals surface area contributed by atoms with Gasteiger partial charge in [-0.15, -0.1) is 0 Å². The summed E-state index contributed by atoms with van der Waals surface area (Å²) in [6.07, 6.45) is 15.1. The van der Waals surface area contributed by atoms with Gasteiger partial charge in [0.1, 0.15) is 0 Å². The highest BCUT2D eigenvalue weighted by molar-refractivity contribution is 5.90. The molecule has 7 rings (SSSR count). The summed E-state index contributed by atoms with van der Waals surface area (Å²) in [5, 5.41) is 10.8. The summed E-state index contributed by atoms with van der Waals surface area (Å²) >= 11 is 0. The molecular formula is C39H54O4. The van der Waals surface area contributed by atoms with Gasteiger partial charge in [-0.05, 0) is 151 Å². The van der Waals surface area contributed by atoms with E-state index in [0.29, 0.717) is 40.6 Å². The van der Waals surface area contributed by atoms with Gasteiger partial charge in [-0.25, -0.2) is 4.79 Å². The number of benzene rings is 1. The topological polar surface area (TPSA) is 63.6 Å². The van der Waals surface area contributed by atoms with Crippen molar-refractivity contribution in [2.24, 2.45) is 62.1 Å². The number of hydrogen-bond acceptors (Lipinski definition) is 3. The first kappa shape index (κ1) is 29.6. The van der Waals surface area contributed by atoms with Gasteiger partial charge in [0.05, 0.1) is 18.1 Å². The molecule has 0 aromatic heterocycles. The Hall–Kier alpha value is -2.10. The number of esters is 1. The molecule has 5 saturated carbocycles. The number of methoxy groups -OCH3 is 1. The maximum atomic E-state index is 13.1. The Balaban J connectivity index is 1.23. The Labute approximate surface area is 259 Å². The number of hydrogen-bond donors (Lipinski definition) is 1. The van der Waals surface area contributed by atoms with Gasteiger partial charge in [-0.3, -0.25) is 4.79 Å². The van der Waals surface area contributed by atoms with Crippen LogP contribution in [0.25, 0.3) is 5.57 Å². The Kier molecular flexibility index (Phi) is 6.35. The summed E-state index contributed by atoms with van der Waals surface area (Å²) < 4.78 is 4.94. The summed E-state index contributed by atoms with van der Waals surface area (Å²) in [6, 6.07) is 8.03. The predicted molar refractivity (Wildman–Crippen MR) is 170 cm³/mol. The average Bonchev–Trinajstić information content (AvgIpc) is 3.57. The highest BCUT2D eigenvalue weighted by Crippen LogP contribution is 2.79. The van der Waals surface area contributed by atoms with E-state index in [1.807, 2.05) is 12.1 Å². The summed E-state index contributed by atoms with van der Waals surface area (Å²) in [4.78, 5) is 25.2. The van der Waals surface area contributed by atoms with Gasteiger partial charge in [-0.2, -0.15) is 0 Å². The van der Waals surface area contributed by atoms with Crippen molar-refractivity contribution in [2.75, 3.05) is 7.11 Å². The number of carbonyl (C=O) groups is 2. The third kappa shape index (κ3) is 3.73. The fraction of sp³-hybridized carbons (Fsp3) is 0.744. The number of aliphatic carboxylic acids is 1. The molecule has 6 aliphatic rings. The second kappa shape index (κ2) is 9.23. The van der Waals surface area contributed by atoms with Gasteiger partial charge in [-0.1, -0.05) is 59.8 Å². The van der Waals surface area contributed by atoms with Crippen LogP contribution in [0, 0.1) is 62.1 Å². The van der Waals surface area contributed by atoms with Gasteiger partial charge in [0, 0.05) is 0 Å². The molecule has 4 heteroatoms. The van der Waals surface area contributed by atoms with Crippen LogP contribution in [0.3, 0.4) is 0 Å². The Morgan fingerprint density at radius 3 is 2.09 bits per heavy atom. The molecule has 4 nitrogen and oxygen atoms in total. The van der Waals surface area contributed by atoms with Crippen LogP contribution in [-0.4, -0.2) is 24.2 Å². The molecular weight excluding hydrogens is 532 g/mol. The van der Waals surface area contributed by atoms with E-state index in [2.05, 4.69) is 59.8 Å². The normalized spacial score (nSPS) is 45.5. The molecule has 0 aliphatic heterocycles. The maximum absolute atomic E-state index is 13.1. The van der Waals surface area contributed by atoms with Gasteiger partial charge >= 0.3 is 11.9 Å². The quantitative estimate of drug-likeness (QED) is 0.357. The summed E-state index contributed by atoms with van der Waals surface area (Å²) in [7, 11) is 1.43. The van der Waals surface area contributed by atoms with Crippen LogP contribution in [-0.2, 0) is 9.53 Å². The fourth-order valence-corrected chi connectivity index (χ4v) is 13.3. The third-order valence-corrected chi connectivity index (χ3v) is 16.0. The molecule has 234 valence electrons. The first-order valence-corrected chi connectivity index (χ1v) is 17.3. The van der Waals surface area contributed by atoms with E-state index in [0.717, 1.165) is 32.1 Å². The molecule has 0 spiro atoms.